The van der Waals surface area contributed by atoms with E-state index in [1.54, 1.807) is 64.3 Å². The molecule has 3 aromatic heterocycles. The van der Waals surface area contributed by atoms with Gasteiger partial charge in [0, 0.05) is 63.1 Å². The summed E-state index contributed by atoms with van der Waals surface area (Å²) in [5.74, 6) is -1.08. The number of carbonyl (C=O) groups is 1. The summed E-state index contributed by atoms with van der Waals surface area (Å²) >= 11 is 22.4. The smallest absolute Gasteiger partial charge is 0.550 e. The van der Waals surface area contributed by atoms with Gasteiger partial charge in [-0.05, 0) is 85.3 Å². The Labute approximate surface area is 294 Å². The summed E-state index contributed by atoms with van der Waals surface area (Å²) in [6.45, 7) is 0.972. The topological polar surface area (TPSA) is 157 Å². The summed E-state index contributed by atoms with van der Waals surface area (Å²) in [6.07, 6.45) is 4.79. The van der Waals surface area contributed by atoms with Gasteiger partial charge in [-0.2, -0.15) is 0 Å². The first-order valence-corrected chi connectivity index (χ1v) is 13.8. The zero-order chi connectivity index (χ0) is 25.3. The number of hydrogen-bond acceptors (Lipinski definition) is 8. The van der Waals surface area contributed by atoms with Gasteiger partial charge in [-0.15, -0.1) is 0 Å². The molecular formula is C17H16Cl4I3KN6O2. The molecule has 8 nitrogen and oxygen atoms in total. The Morgan fingerprint density at radius 2 is 1.39 bits per heavy atom. The molecule has 16 heteroatoms. The molecule has 0 bridgehead atoms. The second-order valence-electron chi connectivity index (χ2n) is 4.94. The fraction of sp³-hybridized carbons (Fsp3) is 0.0588. The number of aromatic nitrogens is 3. The largest absolute Gasteiger partial charge is 1.00 e. The van der Waals surface area contributed by atoms with Gasteiger partial charge < -0.3 is 27.1 Å². The first kappa shape index (κ1) is 38.8. The average molecular weight is 898 g/mol. The van der Waals surface area contributed by atoms with Crippen molar-refractivity contribution in [1.82, 2.24) is 15.0 Å². The first-order chi connectivity index (χ1) is 14.9. The summed E-state index contributed by atoms with van der Waals surface area (Å²) in [7, 11) is 4.61. The Morgan fingerprint density at radius 1 is 0.909 bits per heavy atom. The summed E-state index contributed by atoms with van der Waals surface area (Å²) in [5, 5.41) is 10.2. The van der Waals surface area contributed by atoms with E-state index >= 15 is 0 Å². The number of pyridine rings is 3. The standard InChI is InChI=1S/2C5H4ClIN2.C5H5ClN2.C2H4O2.ClI.K/c6-5-1-4(8)3(7)2-9-5;6-5-4(7)3(8)1-2-9-5;6-5-3-4(7)1-2-8-5;1-2(3)4;1-2;/h2*1-2H,(H2,8,9);1-3H,(H2,7,8);1H3,(H,3,4);;/q;;;;;+1/p-1. The van der Waals surface area contributed by atoms with Crippen LogP contribution in [0.2, 0.25) is 15.5 Å². The third-order valence-electron chi connectivity index (χ3n) is 2.48. The van der Waals surface area contributed by atoms with Crippen molar-refractivity contribution >= 4 is 133 Å². The molecule has 0 aliphatic rings. The number of nitrogen functional groups attached to an aromatic ring is 3. The van der Waals surface area contributed by atoms with Crippen LogP contribution in [0.5, 0.6) is 0 Å². The fourth-order valence-corrected chi connectivity index (χ4v) is 2.40. The number of carbonyl (C=O) groups excluding carboxylic acids is 1. The van der Waals surface area contributed by atoms with E-state index in [2.05, 4.69) is 46.5 Å². The van der Waals surface area contributed by atoms with E-state index in [0.29, 0.717) is 32.5 Å². The van der Waals surface area contributed by atoms with E-state index in [1.807, 2.05) is 22.6 Å². The van der Waals surface area contributed by atoms with Crippen LogP contribution in [0.25, 0.3) is 0 Å². The van der Waals surface area contributed by atoms with Crippen molar-refractivity contribution in [2.24, 2.45) is 0 Å². The Balaban J connectivity index is -0.000000362. The average Bonchev–Trinajstić information content (AvgIpc) is 2.71. The zero-order valence-electron chi connectivity index (χ0n) is 17.1. The van der Waals surface area contributed by atoms with Crippen LogP contribution in [0, 0.1) is 7.14 Å². The van der Waals surface area contributed by atoms with E-state index in [0.717, 1.165) is 14.1 Å². The molecule has 0 aliphatic carbocycles. The summed E-state index contributed by atoms with van der Waals surface area (Å²) in [5.41, 5.74) is 18.3. The first-order valence-electron chi connectivity index (χ1n) is 7.74. The number of nitrogens with two attached hydrogens (primary N) is 3. The van der Waals surface area contributed by atoms with Gasteiger partial charge in [0.25, 0.3) is 0 Å². The monoisotopic (exact) mass is 896 g/mol. The molecule has 0 unspecified atom stereocenters. The van der Waals surface area contributed by atoms with Crippen molar-refractivity contribution in [2.45, 2.75) is 6.92 Å². The maximum atomic E-state index is 8.89. The van der Waals surface area contributed by atoms with Crippen molar-refractivity contribution < 1.29 is 61.3 Å². The second kappa shape index (κ2) is 23.7. The molecule has 0 radical (unpaired) electrons. The maximum absolute atomic E-state index is 8.89. The second-order valence-corrected chi connectivity index (χ2v) is 8.31. The van der Waals surface area contributed by atoms with Gasteiger partial charge in [0.1, 0.15) is 15.5 Å². The van der Waals surface area contributed by atoms with Crippen LogP contribution >= 0.6 is 110 Å². The van der Waals surface area contributed by atoms with Crippen LogP contribution in [0.15, 0.2) is 42.9 Å². The fourth-order valence-electron chi connectivity index (χ4n) is 1.28. The molecule has 0 aromatic carbocycles. The molecular weight excluding hydrogens is 882 g/mol. The summed E-state index contributed by atoms with van der Waals surface area (Å²) in [4.78, 5) is 20.2. The van der Waals surface area contributed by atoms with E-state index < -0.39 is 5.97 Å². The Morgan fingerprint density at radius 3 is 1.73 bits per heavy atom. The number of carboxylic acids is 1. The van der Waals surface area contributed by atoms with Crippen molar-refractivity contribution in [3.05, 3.63) is 65.5 Å². The van der Waals surface area contributed by atoms with Gasteiger partial charge in [0.2, 0.25) is 0 Å². The number of carboxylic acid groups (broad SMARTS) is 1. The van der Waals surface area contributed by atoms with Gasteiger partial charge in [0.05, 0.1) is 7.14 Å². The Bertz CT molecular complexity index is 938. The molecule has 0 atom stereocenters. The molecule has 176 valence electrons. The van der Waals surface area contributed by atoms with Crippen LogP contribution in [0.4, 0.5) is 17.1 Å². The molecule has 3 aromatic rings. The van der Waals surface area contributed by atoms with E-state index in [-0.39, 0.29) is 51.4 Å². The molecule has 0 saturated heterocycles. The zero-order valence-corrected chi connectivity index (χ0v) is 29.7. The van der Waals surface area contributed by atoms with Gasteiger partial charge in [-0.1, -0.05) is 34.8 Å². The van der Waals surface area contributed by atoms with E-state index in [4.69, 9.17) is 61.9 Å². The van der Waals surface area contributed by atoms with E-state index in [9.17, 15) is 0 Å². The Kier molecular flexibility index (Phi) is 27.9. The molecule has 0 amide bonds. The summed E-state index contributed by atoms with van der Waals surface area (Å²) in [6, 6.07) is 6.63. The molecule has 6 N–H and O–H groups in total. The van der Waals surface area contributed by atoms with Gasteiger partial charge in [-0.25, -0.2) is 15.0 Å². The molecule has 0 spiro atoms. The quantitative estimate of drug-likeness (QED) is 0.177. The van der Waals surface area contributed by atoms with Crippen molar-refractivity contribution in [3.8, 4) is 0 Å². The minimum atomic E-state index is -1.08. The SMILES string of the molecule is CC(=O)[O-].ClI.Nc1cc(Cl)ncc1I.Nc1ccnc(Cl)c1.Nc1ccnc(Cl)c1I.[K+]. The Hall–Kier alpha value is 1.31. The number of halogens is 7. The van der Waals surface area contributed by atoms with Crippen LogP contribution in [-0.4, -0.2) is 20.9 Å². The van der Waals surface area contributed by atoms with Gasteiger partial charge >= 0.3 is 51.4 Å². The predicted octanol–water partition coefficient (Wildman–Crippen LogP) is 2.50. The van der Waals surface area contributed by atoms with Crippen molar-refractivity contribution in [3.63, 3.8) is 0 Å². The van der Waals surface area contributed by atoms with Crippen LogP contribution in [0.1, 0.15) is 6.92 Å². The third-order valence-corrected chi connectivity index (χ3v) is 5.53. The predicted molar refractivity (Wildman–Crippen MR) is 157 cm³/mol. The van der Waals surface area contributed by atoms with E-state index in [1.165, 1.54) is 0 Å². The van der Waals surface area contributed by atoms with Gasteiger partial charge in [-0.3, -0.25) is 0 Å². The summed E-state index contributed by atoms with van der Waals surface area (Å²) < 4.78 is 1.74. The maximum Gasteiger partial charge on any atom is 1.00 e. The minimum absolute atomic E-state index is 0. The normalized spacial score (nSPS) is 8.36. The minimum Gasteiger partial charge on any atom is -0.550 e. The van der Waals surface area contributed by atoms with Gasteiger partial charge in [0.15, 0.2) is 0 Å². The van der Waals surface area contributed by atoms with Crippen LogP contribution in [-0.2, 0) is 4.79 Å². The molecule has 33 heavy (non-hydrogen) atoms. The molecule has 0 fully saturated rings. The third kappa shape index (κ3) is 22.2. The van der Waals surface area contributed by atoms with Crippen molar-refractivity contribution in [1.29, 1.82) is 0 Å². The number of aliphatic carboxylic acids is 1. The number of rotatable bonds is 0. The number of nitrogens with zero attached hydrogens (tertiary/aromatic N) is 3. The number of hydrogen-bond donors (Lipinski definition) is 3. The molecule has 0 aliphatic heterocycles. The molecule has 0 saturated carbocycles. The molecule has 3 rings (SSSR count). The number of anilines is 3. The van der Waals surface area contributed by atoms with Crippen molar-refractivity contribution in [2.75, 3.05) is 17.2 Å². The van der Waals surface area contributed by atoms with Crippen LogP contribution < -0.4 is 73.7 Å². The van der Waals surface area contributed by atoms with Crippen LogP contribution in [0.3, 0.4) is 0 Å². The molecule has 3 heterocycles.